The molecular formula is C18H24N4O2. The highest BCUT2D eigenvalue weighted by molar-refractivity contribution is 5.76. The van der Waals surface area contributed by atoms with Crippen LogP contribution in [0.2, 0.25) is 0 Å². The first kappa shape index (κ1) is 16.6. The van der Waals surface area contributed by atoms with Gasteiger partial charge in [-0.2, -0.15) is 4.98 Å². The largest absolute Gasteiger partial charge is 0.342 e. The number of hydrogen-bond acceptors (Lipinski definition) is 5. The van der Waals surface area contributed by atoms with Crippen LogP contribution in [0.5, 0.6) is 0 Å². The minimum atomic E-state index is 0.148. The number of hydrogen-bond donors (Lipinski definition) is 0. The molecule has 0 N–H and O–H groups in total. The van der Waals surface area contributed by atoms with Crippen molar-refractivity contribution in [1.82, 2.24) is 20.0 Å². The topological polar surface area (TPSA) is 72.1 Å². The van der Waals surface area contributed by atoms with E-state index in [0.29, 0.717) is 36.5 Å². The average Bonchev–Trinajstić information content (AvgIpc) is 3.09. The molecule has 3 rings (SSSR count). The van der Waals surface area contributed by atoms with Crippen LogP contribution in [0.15, 0.2) is 29.0 Å². The zero-order valence-corrected chi connectivity index (χ0v) is 14.3. The van der Waals surface area contributed by atoms with E-state index in [1.54, 1.807) is 12.4 Å². The summed E-state index contributed by atoms with van der Waals surface area (Å²) in [7, 11) is 1.92. The Kier molecular flexibility index (Phi) is 5.23. The predicted molar refractivity (Wildman–Crippen MR) is 90.0 cm³/mol. The van der Waals surface area contributed by atoms with Gasteiger partial charge in [0, 0.05) is 43.9 Å². The molecule has 1 fully saturated rings. The molecule has 0 spiro atoms. The first-order valence-corrected chi connectivity index (χ1v) is 8.64. The number of carbonyl (C=O) groups excluding carboxylic acids is 1. The quantitative estimate of drug-likeness (QED) is 0.843. The zero-order valence-electron chi connectivity index (χ0n) is 14.3. The molecule has 0 aromatic carbocycles. The highest BCUT2D eigenvalue weighted by Crippen LogP contribution is 2.27. The van der Waals surface area contributed by atoms with Gasteiger partial charge in [-0.1, -0.05) is 24.9 Å². The predicted octanol–water partition coefficient (Wildman–Crippen LogP) is 3.10. The van der Waals surface area contributed by atoms with Crippen molar-refractivity contribution in [1.29, 1.82) is 0 Å². The molecule has 128 valence electrons. The lowest BCUT2D eigenvalue weighted by molar-refractivity contribution is -0.133. The van der Waals surface area contributed by atoms with Gasteiger partial charge in [0.05, 0.1) is 0 Å². The van der Waals surface area contributed by atoms with Crippen molar-refractivity contribution in [3.8, 4) is 11.4 Å². The molecule has 24 heavy (non-hydrogen) atoms. The summed E-state index contributed by atoms with van der Waals surface area (Å²) in [6.45, 7) is 2.24. The first-order valence-electron chi connectivity index (χ1n) is 8.64. The molecule has 0 bridgehead atoms. The molecule has 1 amide bonds. The van der Waals surface area contributed by atoms with Crippen molar-refractivity contribution in [2.75, 3.05) is 7.05 Å². The molecule has 1 aliphatic carbocycles. The van der Waals surface area contributed by atoms with Gasteiger partial charge in [-0.15, -0.1) is 0 Å². The maximum atomic E-state index is 12.5. The van der Waals surface area contributed by atoms with Crippen molar-refractivity contribution >= 4 is 5.91 Å². The van der Waals surface area contributed by atoms with Gasteiger partial charge < -0.3 is 9.42 Å². The second-order valence-corrected chi connectivity index (χ2v) is 6.59. The third-order valence-electron chi connectivity index (χ3n) is 4.90. The molecule has 6 heteroatoms. The Morgan fingerprint density at radius 1 is 1.38 bits per heavy atom. The second kappa shape index (κ2) is 7.55. The Balaban J connectivity index is 1.55. The third-order valence-corrected chi connectivity index (χ3v) is 4.90. The molecule has 2 aromatic rings. The fraction of sp³-hybridized carbons (Fsp3) is 0.556. The summed E-state index contributed by atoms with van der Waals surface area (Å²) in [4.78, 5) is 22.8. The van der Waals surface area contributed by atoms with Crippen LogP contribution in [0.1, 0.15) is 44.9 Å². The number of amides is 1. The van der Waals surface area contributed by atoms with E-state index in [-0.39, 0.29) is 5.91 Å². The highest BCUT2D eigenvalue weighted by Gasteiger charge is 2.27. The molecule has 2 heterocycles. The van der Waals surface area contributed by atoms with Crippen LogP contribution in [0.4, 0.5) is 0 Å². The fourth-order valence-corrected chi connectivity index (χ4v) is 3.42. The smallest absolute Gasteiger partial charge is 0.227 e. The van der Waals surface area contributed by atoms with Gasteiger partial charge in [-0.3, -0.25) is 9.78 Å². The molecule has 2 aromatic heterocycles. The Labute approximate surface area is 142 Å². The summed E-state index contributed by atoms with van der Waals surface area (Å²) < 4.78 is 5.26. The van der Waals surface area contributed by atoms with Crippen molar-refractivity contribution in [2.45, 2.75) is 51.5 Å². The molecular weight excluding hydrogens is 304 g/mol. The minimum Gasteiger partial charge on any atom is -0.342 e. The summed E-state index contributed by atoms with van der Waals surface area (Å²) in [5.41, 5.74) is 0.812. The molecule has 0 radical (unpaired) electrons. The molecule has 0 unspecified atom stereocenters. The van der Waals surface area contributed by atoms with Crippen LogP contribution < -0.4 is 0 Å². The Hall–Kier alpha value is -2.24. The monoisotopic (exact) mass is 328 g/mol. The van der Waals surface area contributed by atoms with Crippen molar-refractivity contribution in [3.05, 3.63) is 30.4 Å². The van der Waals surface area contributed by atoms with Crippen molar-refractivity contribution < 1.29 is 9.32 Å². The van der Waals surface area contributed by atoms with Crippen LogP contribution in [-0.4, -0.2) is 39.0 Å². The summed E-state index contributed by atoms with van der Waals surface area (Å²) in [5, 5.41) is 3.96. The number of pyridine rings is 1. The zero-order chi connectivity index (χ0) is 16.9. The van der Waals surface area contributed by atoms with Crippen molar-refractivity contribution in [2.24, 2.45) is 5.92 Å². The maximum Gasteiger partial charge on any atom is 0.227 e. The van der Waals surface area contributed by atoms with Gasteiger partial charge in [0.25, 0.3) is 0 Å². The average molecular weight is 328 g/mol. The van der Waals surface area contributed by atoms with Gasteiger partial charge >= 0.3 is 0 Å². The van der Waals surface area contributed by atoms with Gasteiger partial charge in [-0.25, -0.2) is 0 Å². The van der Waals surface area contributed by atoms with E-state index in [1.165, 1.54) is 19.3 Å². The number of rotatable bonds is 5. The standard InChI is InChI=1S/C18H24N4O2/c1-13-6-3-4-8-15(13)22(2)17(23)10-9-16-20-18(21-24-16)14-7-5-11-19-12-14/h5,7,11-13,15H,3-4,6,8-10H2,1-2H3/t13-,15-/m0/s1. The highest BCUT2D eigenvalue weighted by atomic mass is 16.5. The normalized spacial score (nSPS) is 20.8. The summed E-state index contributed by atoms with van der Waals surface area (Å²) in [5.74, 6) is 1.73. The molecule has 2 atom stereocenters. The Morgan fingerprint density at radius 2 is 2.21 bits per heavy atom. The third kappa shape index (κ3) is 3.80. The lowest BCUT2D eigenvalue weighted by Gasteiger charge is -2.36. The fourth-order valence-electron chi connectivity index (χ4n) is 3.42. The second-order valence-electron chi connectivity index (χ2n) is 6.59. The lowest BCUT2D eigenvalue weighted by Crippen LogP contribution is -2.42. The molecule has 6 nitrogen and oxygen atoms in total. The molecule has 1 saturated carbocycles. The van der Waals surface area contributed by atoms with Crippen LogP contribution in [0.25, 0.3) is 11.4 Å². The number of carbonyl (C=O) groups is 1. The van der Waals surface area contributed by atoms with Gasteiger partial charge in [0.15, 0.2) is 0 Å². The van der Waals surface area contributed by atoms with Crippen LogP contribution in [0.3, 0.4) is 0 Å². The van der Waals surface area contributed by atoms with Gasteiger partial charge in [-0.05, 0) is 30.9 Å². The molecule has 1 aliphatic rings. The SMILES string of the molecule is C[C@H]1CCCC[C@@H]1N(C)C(=O)CCc1nc(-c2cccnc2)no1. The molecule has 0 saturated heterocycles. The van der Waals surface area contributed by atoms with Crippen molar-refractivity contribution in [3.63, 3.8) is 0 Å². The number of aromatic nitrogens is 3. The lowest BCUT2D eigenvalue weighted by atomic mass is 9.85. The van der Waals surface area contributed by atoms with Gasteiger partial charge in [0.2, 0.25) is 17.6 Å². The maximum absolute atomic E-state index is 12.5. The molecule has 0 aliphatic heterocycles. The van der Waals surface area contributed by atoms with E-state index >= 15 is 0 Å². The Bertz CT molecular complexity index is 671. The number of nitrogens with zero attached hydrogens (tertiary/aromatic N) is 4. The minimum absolute atomic E-state index is 0.148. The van der Waals surface area contributed by atoms with Crippen LogP contribution >= 0.6 is 0 Å². The summed E-state index contributed by atoms with van der Waals surface area (Å²) in [6, 6.07) is 4.07. The number of aryl methyl sites for hydroxylation is 1. The van der Waals surface area contributed by atoms with Gasteiger partial charge in [0.1, 0.15) is 0 Å². The summed E-state index contributed by atoms with van der Waals surface area (Å²) >= 11 is 0. The summed E-state index contributed by atoms with van der Waals surface area (Å²) in [6.07, 6.45) is 9.06. The van der Waals surface area contributed by atoms with E-state index in [0.717, 1.165) is 12.0 Å². The van der Waals surface area contributed by atoms with E-state index in [2.05, 4.69) is 22.0 Å². The van der Waals surface area contributed by atoms with Crippen LogP contribution in [-0.2, 0) is 11.2 Å². The van der Waals surface area contributed by atoms with E-state index in [9.17, 15) is 4.79 Å². The van der Waals surface area contributed by atoms with E-state index < -0.39 is 0 Å². The Morgan fingerprint density at radius 3 is 2.96 bits per heavy atom. The van der Waals surface area contributed by atoms with Crippen LogP contribution in [0, 0.1) is 5.92 Å². The van der Waals surface area contributed by atoms with E-state index in [1.807, 2.05) is 24.1 Å². The van der Waals surface area contributed by atoms with E-state index in [4.69, 9.17) is 4.52 Å². The first-order chi connectivity index (χ1) is 11.6.